The summed E-state index contributed by atoms with van der Waals surface area (Å²) < 4.78 is 23.5. The summed E-state index contributed by atoms with van der Waals surface area (Å²) in [5, 5.41) is 14.1. The summed E-state index contributed by atoms with van der Waals surface area (Å²) in [7, 11) is 1.32. The number of aliphatic hydroxyl groups is 1. The molecule has 416 valence electrons. The van der Waals surface area contributed by atoms with E-state index in [1.54, 1.807) is 0 Å². The van der Waals surface area contributed by atoms with Crippen molar-refractivity contribution < 1.29 is 32.9 Å². The Labute approximate surface area is 436 Å². The Hall–Kier alpha value is -1.02. The number of phosphoric acid groups is 1. The Morgan fingerprint density at radius 3 is 1.19 bits per heavy atom. The van der Waals surface area contributed by atoms with Gasteiger partial charge in [0.15, 0.2) is 0 Å². The quantitative estimate of drug-likeness (QED) is 0.0272. The Kier molecular flexibility index (Phi) is 52.1. The maximum absolute atomic E-state index is 13.0. The molecule has 0 saturated carbocycles. The lowest BCUT2D eigenvalue weighted by Gasteiger charge is -2.30. The third kappa shape index (κ3) is 54.7. The van der Waals surface area contributed by atoms with Crippen molar-refractivity contribution in [2.75, 3.05) is 40.9 Å². The number of hydrogen-bond donors (Lipinski definition) is 2. The number of aliphatic hydroxyl groups excluding tert-OH is 1. The minimum atomic E-state index is -4.57. The van der Waals surface area contributed by atoms with Gasteiger partial charge in [-0.05, 0) is 44.9 Å². The van der Waals surface area contributed by atoms with Crippen LogP contribution in [0.5, 0.6) is 0 Å². The monoisotopic (exact) mass is 1010 g/mol. The Balaban J connectivity index is 4.10. The molecule has 0 heterocycles. The molecule has 0 radical (unpaired) electrons. The highest BCUT2D eigenvalue weighted by Crippen LogP contribution is 2.38. The van der Waals surface area contributed by atoms with Gasteiger partial charge < -0.3 is 28.8 Å². The van der Waals surface area contributed by atoms with Crippen LogP contribution in [0.4, 0.5) is 0 Å². The number of hydrogen-bond acceptors (Lipinski definition) is 6. The number of quaternary nitrogens is 1. The molecule has 0 aliphatic carbocycles. The average molecular weight is 1010 g/mol. The molecule has 0 aliphatic heterocycles. The van der Waals surface area contributed by atoms with Crippen molar-refractivity contribution in [3.05, 3.63) is 24.3 Å². The molecule has 0 aromatic heterocycles. The predicted octanol–water partition coefficient (Wildman–Crippen LogP) is 18.1. The number of carbonyl (C=O) groups is 1. The van der Waals surface area contributed by atoms with Gasteiger partial charge in [0.2, 0.25) is 5.91 Å². The molecule has 0 aromatic rings. The summed E-state index contributed by atoms with van der Waals surface area (Å²) in [6.45, 7) is 4.76. The van der Waals surface area contributed by atoms with Crippen molar-refractivity contribution in [3.63, 3.8) is 0 Å². The third-order valence-electron chi connectivity index (χ3n) is 14.2. The van der Waals surface area contributed by atoms with Crippen LogP contribution in [0.2, 0.25) is 0 Å². The number of rotatable bonds is 57. The molecular weight excluding hydrogens is 888 g/mol. The van der Waals surface area contributed by atoms with E-state index >= 15 is 0 Å². The first-order valence-electron chi connectivity index (χ1n) is 30.7. The molecule has 0 bridgehead atoms. The van der Waals surface area contributed by atoms with E-state index in [0.29, 0.717) is 23.9 Å². The minimum Gasteiger partial charge on any atom is -0.756 e. The van der Waals surface area contributed by atoms with Crippen LogP contribution in [0.25, 0.3) is 0 Å². The number of amides is 1. The minimum absolute atomic E-state index is 0.0142. The normalized spacial score (nSPS) is 14.0. The van der Waals surface area contributed by atoms with E-state index in [1.807, 2.05) is 21.1 Å². The van der Waals surface area contributed by atoms with Gasteiger partial charge in [-0.3, -0.25) is 9.36 Å². The van der Waals surface area contributed by atoms with Gasteiger partial charge in [0.1, 0.15) is 13.2 Å². The zero-order valence-electron chi connectivity index (χ0n) is 47.5. The summed E-state index contributed by atoms with van der Waals surface area (Å²) in [6.07, 6.45) is 66.4. The van der Waals surface area contributed by atoms with Gasteiger partial charge in [0, 0.05) is 6.42 Å². The smallest absolute Gasteiger partial charge is 0.268 e. The second-order valence-electron chi connectivity index (χ2n) is 22.4. The van der Waals surface area contributed by atoms with Gasteiger partial charge in [0.25, 0.3) is 7.82 Å². The molecule has 3 unspecified atom stereocenters. The van der Waals surface area contributed by atoms with E-state index < -0.39 is 20.0 Å². The van der Waals surface area contributed by atoms with Gasteiger partial charge in [0.05, 0.1) is 39.9 Å². The third-order valence-corrected chi connectivity index (χ3v) is 15.2. The molecule has 0 aromatic carbocycles. The molecule has 0 saturated heterocycles. The number of likely N-dealkylation sites (N-methyl/N-ethyl adjacent to an activating group) is 1. The Bertz CT molecular complexity index is 1190. The second-order valence-corrected chi connectivity index (χ2v) is 23.8. The van der Waals surface area contributed by atoms with E-state index in [1.165, 1.54) is 238 Å². The van der Waals surface area contributed by atoms with Crippen LogP contribution in [-0.2, 0) is 18.4 Å². The number of allylic oxidation sites excluding steroid dienone is 4. The van der Waals surface area contributed by atoms with Crippen molar-refractivity contribution in [1.82, 2.24) is 5.32 Å². The molecule has 1 amide bonds. The largest absolute Gasteiger partial charge is 0.756 e. The van der Waals surface area contributed by atoms with Gasteiger partial charge in [-0.15, -0.1) is 0 Å². The molecule has 0 spiro atoms. The van der Waals surface area contributed by atoms with Crippen LogP contribution in [0.1, 0.15) is 309 Å². The fourth-order valence-corrected chi connectivity index (χ4v) is 10.1. The molecule has 0 fully saturated rings. The van der Waals surface area contributed by atoms with Crippen molar-refractivity contribution in [1.29, 1.82) is 0 Å². The standard InChI is InChI=1S/C61H121N2O6P/c1-6-8-10-12-14-16-18-20-22-24-26-28-29-30-31-32-33-35-37-39-41-43-45-47-49-51-53-55-61(65)62-59(58-69-70(66,67)68-57-56-63(3,4)5)60(64)54-52-50-48-46-44-42-40-38-36-34-27-25-23-21-19-17-15-13-11-9-7-2/h18,20,24,26,59-60,64H,6-17,19,21-23,25,27-58H2,1-5H3,(H-,62,65,66,67)/b20-18-,26-24-. The second kappa shape index (κ2) is 52.8. The van der Waals surface area contributed by atoms with Crippen molar-refractivity contribution >= 4 is 13.7 Å². The van der Waals surface area contributed by atoms with Crippen LogP contribution in [-0.4, -0.2) is 68.5 Å². The lowest BCUT2D eigenvalue weighted by atomic mass is 10.0. The van der Waals surface area contributed by atoms with E-state index in [-0.39, 0.29) is 19.1 Å². The lowest BCUT2D eigenvalue weighted by molar-refractivity contribution is -0.870. The number of nitrogens with zero attached hydrogens (tertiary/aromatic N) is 1. The number of phosphoric ester groups is 1. The van der Waals surface area contributed by atoms with E-state index in [9.17, 15) is 19.4 Å². The SMILES string of the molecule is CCCCCCC/C=C\C/C=C\CCCCCCCCCCCCCCCCCC(=O)NC(COP(=O)([O-])OCC[N+](C)(C)C)C(O)CCCCCCCCCCCCCCCCCCCCCCC. The van der Waals surface area contributed by atoms with Gasteiger partial charge in [-0.25, -0.2) is 0 Å². The number of nitrogens with one attached hydrogen (secondary N) is 1. The Morgan fingerprint density at radius 2 is 0.829 bits per heavy atom. The molecule has 0 rings (SSSR count). The summed E-state index contributed by atoms with van der Waals surface area (Å²) in [6, 6.07) is -0.799. The van der Waals surface area contributed by atoms with Crippen LogP contribution in [0.3, 0.4) is 0 Å². The average Bonchev–Trinajstić information content (AvgIpc) is 3.32. The topological polar surface area (TPSA) is 108 Å². The number of carbonyl (C=O) groups excluding carboxylic acids is 1. The fraction of sp³-hybridized carbons (Fsp3) is 0.918. The molecule has 70 heavy (non-hydrogen) atoms. The predicted molar refractivity (Wildman–Crippen MR) is 302 cm³/mol. The van der Waals surface area contributed by atoms with Crippen LogP contribution >= 0.6 is 7.82 Å². The molecule has 9 heteroatoms. The van der Waals surface area contributed by atoms with E-state index in [0.717, 1.165) is 44.9 Å². The van der Waals surface area contributed by atoms with Crippen LogP contribution < -0.4 is 10.2 Å². The highest BCUT2D eigenvalue weighted by atomic mass is 31.2. The van der Waals surface area contributed by atoms with Crippen molar-refractivity contribution in [2.45, 2.75) is 321 Å². The molecular formula is C61H121N2O6P. The number of unbranched alkanes of at least 4 members (excludes halogenated alkanes) is 40. The first-order chi connectivity index (χ1) is 34.0. The molecule has 2 N–H and O–H groups in total. The van der Waals surface area contributed by atoms with Gasteiger partial charge in [-0.1, -0.05) is 282 Å². The zero-order chi connectivity index (χ0) is 51.3. The summed E-state index contributed by atoms with van der Waals surface area (Å²) in [5.74, 6) is -0.160. The first-order valence-corrected chi connectivity index (χ1v) is 32.1. The summed E-state index contributed by atoms with van der Waals surface area (Å²) >= 11 is 0. The van der Waals surface area contributed by atoms with Crippen LogP contribution in [0.15, 0.2) is 24.3 Å². The van der Waals surface area contributed by atoms with E-state index in [4.69, 9.17) is 9.05 Å². The highest BCUT2D eigenvalue weighted by Gasteiger charge is 2.24. The molecule has 0 aliphatic rings. The van der Waals surface area contributed by atoms with Crippen molar-refractivity contribution in [2.24, 2.45) is 0 Å². The maximum Gasteiger partial charge on any atom is 0.268 e. The Morgan fingerprint density at radius 1 is 0.500 bits per heavy atom. The maximum atomic E-state index is 13.0. The summed E-state index contributed by atoms with van der Waals surface area (Å²) in [4.78, 5) is 25.6. The van der Waals surface area contributed by atoms with Gasteiger partial charge >= 0.3 is 0 Å². The molecule has 3 atom stereocenters. The zero-order valence-corrected chi connectivity index (χ0v) is 48.4. The first kappa shape index (κ1) is 69.0. The molecule has 8 nitrogen and oxygen atoms in total. The highest BCUT2D eigenvalue weighted by molar-refractivity contribution is 7.45. The van der Waals surface area contributed by atoms with E-state index in [2.05, 4.69) is 43.5 Å². The lowest BCUT2D eigenvalue weighted by Crippen LogP contribution is -2.46. The van der Waals surface area contributed by atoms with Crippen LogP contribution in [0, 0.1) is 0 Å². The van der Waals surface area contributed by atoms with Gasteiger partial charge in [-0.2, -0.15) is 0 Å². The fourth-order valence-electron chi connectivity index (χ4n) is 9.37. The van der Waals surface area contributed by atoms with Crippen molar-refractivity contribution in [3.8, 4) is 0 Å². The summed E-state index contributed by atoms with van der Waals surface area (Å²) in [5.41, 5.74) is 0.